The summed E-state index contributed by atoms with van der Waals surface area (Å²) in [7, 11) is 1.41. The number of thiophene rings is 1. The third kappa shape index (κ3) is 4.07. The maximum atomic E-state index is 13.1. The average molecular weight is 501 g/mol. The van der Waals surface area contributed by atoms with Crippen molar-refractivity contribution in [3.8, 4) is 17.0 Å². The van der Waals surface area contributed by atoms with Gasteiger partial charge in [0.2, 0.25) is 5.91 Å². The number of methoxy groups -OCH3 is 1. The van der Waals surface area contributed by atoms with E-state index in [0.717, 1.165) is 45.6 Å². The number of nitrogens with one attached hydrogen (secondary N) is 1. The minimum Gasteiger partial charge on any atom is -0.489 e. The number of amides is 1. The van der Waals surface area contributed by atoms with Crippen LogP contribution in [0, 0.1) is 0 Å². The van der Waals surface area contributed by atoms with Crippen molar-refractivity contribution in [3.63, 3.8) is 0 Å². The quantitative estimate of drug-likeness (QED) is 0.308. The second-order valence-electron chi connectivity index (χ2n) is 9.53. The third-order valence-electron chi connectivity index (χ3n) is 7.24. The van der Waals surface area contributed by atoms with Crippen molar-refractivity contribution >= 4 is 39.1 Å². The molecular formula is C29H28N2O4S. The van der Waals surface area contributed by atoms with Crippen molar-refractivity contribution in [3.05, 3.63) is 70.6 Å². The van der Waals surface area contributed by atoms with Crippen molar-refractivity contribution in [1.29, 1.82) is 0 Å². The Hall–Kier alpha value is -3.58. The van der Waals surface area contributed by atoms with Crippen LogP contribution in [0.1, 0.15) is 58.8 Å². The zero-order chi connectivity index (χ0) is 24.6. The molecule has 36 heavy (non-hydrogen) atoms. The minimum absolute atomic E-state index is 0.0897. The van der Waals surface area contributed by atoms with Crippen molar-refractivity contribution in [1.82, 2.24) is 4.57 Å². The Bertz CT molecular complexity index is 1450. The molecule has 0 radical (unpaired) electrons. The fourth-order valence-electron chi connectivity index (χ4n) is 5.57. The number of anilines is 1. The lowest BCUT2D eigenvalue weighted by Crippen LogP contribution is -2.16. The molecule has 184 valence electrons. The molecule has 6 rings (SSSR count). The molecule has 0 unspecified atom stereocenters. The summed E-state index contributed by atoms with van der Waals surface area (Å²) >= 11 is 1.48. The lowest BCUT2D eigenvalue weighted by molar-refractivity contribution is -0.116. The molecule has 0 spiro atoms. The van der Waals surface area contributed by atoms with Crippen LogP contribution in [-0.2, 0) is 22.7 Å². The minimum atomic E-state index is -0.334. The van der Waals surface area contributed by atoms with Gasteiger partial charge in [0.25, 0.3) is 0 Å². The van der Waals surface area contributed by atoms with Crippen molar-refractivity contribution in [2.75, 3.05) is 12.4 Å². The predicted molar refractivity (Wildman–Crippen MR) is 142 cm³/mol. The van der Waals surface area contributed by atoms with Crippen LogP contribution in [0.15, 0.2) is 54.6 Å². The molecule has 3 heterocycles. The average Bonchev–Trinajstić information content (AvgIpc) is 3.42. The number of hydrogen-bond donors (Lipinski definition) is 1. The van der Waals surface area contributed by atoms with Gasteiger partial charge in [-0.3, -0.25) is 4.79 Å². The first kappa shape index (κ1) is 22.9. The molecule has 2 aliphatic rings. The topological polar surface area (TPSA) is 69.6 Å². The lowest BCUT2D eigenvalue weighted by atomic mass is 9.83. The monoisotopic (exact) mass is 500 g/mol. The fraction of sp³-hybridized carbons (Fsp3) is 0.310. The maximum Gasteiger partial charge on any atom is 0.348 e. The van der Waals surface area contributed by atoms with E-state index in [0.29, 0.717) is 23.2 Å². The van der Waals surface area contributed by atoms with E-state index in [1.54, 1.807) is 0 Å². The van der Waals surface area contributed by atoms with Crippen LogP contribution in [0.2, 0.25) is 0 Å². The summed E-state index contributed by atoms with van der Waals surface area (Å²) in [5, 5.41) is 3.10. The fourth-order valence-corrected chi connectivity index (χ4v) is 6.78. The van der Waals surface area contributed by atoms with Gasteiger partial charge in [-0.25, -0.2) is 4.79 Å². The highest BCUT2D eigenvalue weighted by molar-refractivity contribution is 7.21. The standard InChI is InChI=1S/C29H28N2O4S/c1-34-29(33)24-15-23-28(36-24)26(19-10-6-3-7-11-19)27-21-13-12-20(35-17-18-8-4-2-5-9-18)14-22(21)30-25(32)16-31(23)27/h2,4-5,8-9,12-15,19H,3,6-7,10-11,16-17H2,1H3,(H,30,32). The zero-order valence-electron chi connectivity index (χ0n) is 20.2. The highest BCUT2D eigenvalue weighted by Crippen LogP contribution is 2.49. The summed E-state index contributed by atoms with van der Waals surface area (Å²) in [6.45, 7) is 0.661. The molecule has 1 saturated carbocycles. The van der Waals surface area contributed by atoms with Gasteiger partial charge in [0, 0.05) is 11.6 Å². The molecule has 0 bridgehead atoms. The Balaban J connectivity index is 1.47. The summed E-state index contributed by atoms with van der Waals surface area (Å²) in [6, 6.07) is 17.9. The first-order chi connectivity index (χ1) is 17.6. The van der Waals surface area contributed by atoms with Gasteiger partial charge >= 0.3 is 5.97 Å². The van der Waals surface area contributed by atoms with E-state index >= 15 is 0 Å². The number of ether oxygens (including phenoxy) is 2. The van der Waals surface area contributed by atoms with Gasteiger partial charge in [-0.1, -0.05) is 49.6 Å². The van der Waals surface area contributed by atoms with E-state index < -0.39 is 0 Å². The zero-order valence-corrected chi connectivity index (χ0v) is 21.0. The van der Waals surface area contributed by atoms with Crippen LogP contribution in [0.25, 0.3) is 21.5 Å². The highest BCUT2D eigenvalue weighted by atomic mass is 32.1. The van der Waals surface area contributed by atoms with E-state index in [-0.39, 0.29) is 18.4 Å². The summed E-state index contributed by atoms with van der Waals surface area (Å²) < 4.78 is 14.3. The van der Waals surface area contributed by atoms with E-state index in [1.807, 2.05) is 48.5 Å². The molecular weight excluding hydrogens is 472 g/mol. The predicted octanol–water partition coefficient (Wildman–Crippen LogP) is 6.74. The second kappa shape index (κ2) is 9.47. The number of esters is 1. The number of fused-ring (bicyclic) bond motifs is 5. The molecule has 0 saturated heterocycles. The molecule has 2 aromatic carbocycles. The number of hydrogen-bond acceptors (Lipinski definition) is 5. The van der Waals surface area contributed by atoms with Crippen molar-refractivity contribution < 1.29 is 19.1 Å². The van der Waals surface area contributed by atoms with Crippen LogP contribution in [-0.4, -0.2) is 23.6 Å². The largest absolute Gasteiger partial charge is 0.489 e. The molecule has 1 aliphatic carbocycles. The van der Waals surface area contributed by atoms with Crippen LogP contribution in [0.3, 0.4) is 0 Å². The van der Waals surface area contributed by atoms with Gasteiger partial charge in [-0.15, -0.1) is 11.3 Å². The summed E-state index contributed by atoms with van der Waals surface area (Å²) in [6.07, 6.45) is 5.88. The Morgan fingerprint density at radius 3 is 2.67 bits per heavy atom. The smallest absolute Gasteiger partial charge is 0.348 e. The first-order valence-electron chi connectivity index (χ1n) is 12.5. The summed E-state index contributed by atoms with van der Waals surface area (Å²) in [5.74, 6) is 0.690. The Kier molecular flexibility index (Phi) is 6.01. The van der Waals surface area contributed by atoms with Crippen molar-refractivity contribution in [2.45, 2.75) is 51.2 Å². The summed E-state index contributed by atoms with van der Waals surface area (Å²) in [4.78, 5) is 26.0. The SMILES string of the molecule is COC(=O)c1cc2c(s1)c(C1CCCCC1)c1n2CC(=O)Nc2cc(OCc3ccccc3)ccc2-1. The van der Waals surface area contributed by atoms with E-state index in [1.165, 1.54) is 43.3 Å². The van der Waals surface area contributed by atoms with E-state index in [2.05, 4.69) is 16.0 Å². The van der Waals surface area contributed by atoms with Crippen molar-refractivity contribution in [2.24, 2.45) is 0 Å². The number of carbonyl (C=O) groups is 2. The Morgan fingerprint density at radius 2 is 1.89 bits per heavy atom. The lowest BCUT2D eigenvalue weighted by Gasteiger charge is -2.23. The first-order valence-corrected chi connectivity index (χ1v) is 13.3. The third-order valence-corrected chi connectivity index (χ3v) is 8.38. The molecule has 1 N–H and O–H groups in total. The van der Waals surface area contributed by atoms with Gasteiger partial charge in [-0.2, -0.15) is 0 Å². The molecule has 2 aromatic heterocycles. The van der Waals surface area contributed by atoms with E-state index in [4.69, 9.17) is 9.47 Å². The van der Waals surface area contributed by atoms with Gasteiger partial charge < -0.3 is 19.4 Å². The second-order valence-corrected chi connectivity index (χ2v) is 10.6. The number of aromatic nitrogens is 1. The van der Waals surface area contributed by atoms with Gasteiger partial charge in [0.15, 0.2) is 0 Å². The molecule has 1 aliphatic heterocycles. The molecule has 1 amide bonds. The van der Waals surface area contributed by atoms with Gasteiger partial charge in [-0.05, 0) is 48.1 Å². The Morgan fingerprint density at radius 1 is 1.08 bits per heavy atom. The summed E-state index contributed by atoms with van der Waals surface area (Å²) in [5.41, 5.74) is 6.13. The molecule has 0 atom stereocenters. The molecule has 4 aromatic rings. The number of rotatable bonds is 5. The maximum absolute atomic E-state index is 13.1. The normalized spacial score (nSPS) is 15.6. The highest BCUT2D eigenvalue weighted by Gasteiger charge is 2.32. The van der Waals surface area contributed by atoms with Gasteiger partial charge in [0.1, 0.15) is 23.8 Å². The number of carbonyl (C=O) groups excluding carboxylic acids is 2. The van der Waals surface area contributed by atoms with Gasteiger partial charge in [0.05, 0.1) is 28.7 Å². The van der Waals surface area contributed by atoms with Crippen LogP contribution in [0.4, 0.5) is 5.69 Å². The number of nitrogens with zero attached hydrogens (tertiary/aromatic N) is 1. The molecule has 6 nitrogen and oxygen atoms in total. The number of benzene rings is 2. The van der Waals surface area contributed by atoms with Crippen LogP contribution in [0.5, 0.6) is 5.75 Å². The van der Waals surface area contributed by atoms with Crippen LogP contribution < -0.4 is 10.1 Å². The molecule has 7 heteroatoms. The Labute approximate surface area is 213 Å². The molecule has 1 fully saturated rings. The van der Waals surface area contributed by atoms with Crippen LogP contribution >= 0.6 is 11.3 Å². The van der Waals surface area contributed by atoms with E-state index in [9.17, 15) is 9.59 Å².